The zero-order valence-corrected chi connectivity index (χ0v) is 47.1. The van der Waals surface area contributed by atoms with Crippen molar-refractivity contribution in [1.29, 1.82) is 0 Å². The van der Waals surface area contributed by atoms with Gasteiger partial charge in [0, 0.05) is 38.8 Å². The van der Waals surface area contributed by atoms with Crippen molar-refractivity contribution in [2.75, 3.05) is 52.9 Å². The molecule has 9 rings (SSSR count). The van der Waals surface area contributed by atoms with E-state index in [-0.39, 0.29) is 51.2 Å². The summed E-state index contributed by atoms with van der Waals surface area (Å²) in [5.74, 6) is 3.12. The number of fused-ring (bicyclic) bond motifs is 8. The Morgan fingerprint density at radius 2 is 1.01 bits per heavy atom. The number of hydrogen-bond donors (Lipinski definition) is 2. The van der Waals surface area contributed by atoms with Gasteiger partial charge >= 0.3 is 11.9 Å². The number of carbonyl (C=O) groups excluding carboxylic acids is 2. The van der Waals surface area contributed by atoms with Crippen molar-refractivity contribution in [1.82, 2.24) is 49.9 Å². The van der Waals surface area contributed by atoms with Crippen LogP contribution in [0.2, 0.25) is 0 Å². The summed E-state index contributed by atoms with van der Waals surface area (Å²) in [5.41, 5.74) is 10.4. The molecule has 8 bridgehead atoms. The smallest absolute Gasteiger partial charge is 0.308 e. The molecule has 2 N–H and O–H groups in total. The quantitative estimate of drug-likeness (QED) is 0.0292. The maximum Gasteiger partial charge on any atom is 0.308 e. The van der Waals surface area contributed by atoms with Crippen molar-refractivity contribution >= 4 is 58.3 Å². The molecule has 0 saturated carbocycles. The average Bonchev–Trinajstić information content (AvgIpc) is 4.51. The number of H-pyrrole nitrogens is 2. The van der Waals surface area contributed by atoms with E-state index in [2.05, 4.69) is 36.5 Å². The van der Waals surface area contributed by atoms with Crippen LogP contribution in [-0.2, 0) is 64.3 Å². The molecule has 7 aromatic rings. The third-order valence-corrected chi connectivity index (χ3v) is 12.3. The molecule has 0 saturated heterocycles. The lowest BCUT2D eigenvalue weighted by atomic mass is 10.0. The van der Waals surface area contributed by atoms with E-state index < -0.39 is 11.2 Å². The van der Waals surface area contributed by atoms with E-state index in [1.807, 2.05) is 157 Å². The molecule has 0 aliphatic carbocycles. The lowest BCUT2D eigenvalue weighted by Gasteiger charge is -2.19. The zero-order valence-electron chi connectivity index (χ0n) is 47.1. The molecule has 0 unspecified atom stereocenters. The third kappa shape index (κ3) is 16.7. The minimum absolute atomic E-state index is 0.0785. The van der Waals surface area contributed by atoms with Crippen molar-refractivity contribution in [2.24, 2.45) is 0 Å². The lowest BCUT2D eigenvalue weighted by Crippen LogP contribution is -2.24. The first-order valence-electron chi connectivity index (χ1n) is 27.2. The molecular weight excluding hydrogens is 1040 g/mol. The fourth-order valence-electron chi connectivity index (χ4n) is 8.76. The predicted molar refractivity (Wildman–Crippen MR) is 311 cm³/mol. The Kier molecular flexibility index (Phi) is 19.2. The van der Waals surface area contributed by atoms with Crippen molar-refractivity contribution in [2.45, 2.75) is 91.9 Å². The fourth-order valence-corrected chi connectivity index (χ4v) is 8.76. The molecule has 0 spiro atoms. The molecular formula is C62H68N10O10. The van der Waals surface area contributed by atoms with Crippen LogP contribution < -0.4 is 9.47 Å². The number of hydrogen-bond acceptors (Lipinski definition) is 16. The molecule has 5 aromatic heterocycles. The van der Waals surface area contributed by atoms with E-state index in [9.17, 15) is 9.59 Å². The highest BCUT2D eigenvalue weighted by Gasteiger charge is 2.23. The number of carbonyl (C=O) groups is 2. The number of benzene rings is 2. The van der Waals surface area contributed by atoms with Gasteiger partial charge in [-0.1, -0.05) is 34.5 Å². The standard InChI is InChI=1S/C62H68N10O10/c1-8-42-12-14-43(15-13-42)58-50-20-16-44(63-50)36-46-18-22-52(65-46)59(53-23-19-47(66-53)37-45-17-21-51(58)64-45)60-54(79-40-48-38-71(69-67-48)26-30-77-34-32-75-28-24-56(73)81-61(2,3)4)10-9-11-55(60)80-41-49-39-72(70-68-49)27-31-78-35-33-76-29-25-57(74)82-62(5,6)7/h1,9-23,36-39,63,66H,24-35,40-41H2,2-7H3. The average molecular weight is 1110 g/mol. The topological polar surface area (TPSA) is 227 Å². The first-order chi connectivity index (χ1) is 39.6. The van der Waals surface area contributed by atoms with Gasteiger partial charge in [-0.05, 0) is 132 Å². The molecule has 82 heavy (non-hydrogen) atoms. The van der Waals surface area contributed by atoms with E-state index in [4.69, 9.17) is 54.3 Å². The number of aromatic amines is 2. The van der Waals surface area contributed by atoms with Crippen LogP contribution in [0.15, 0.2) is 91.3 Å². The predicted octanol–water partition coefficient (Wildman–Crippen LogP) is 9.84. The highest BCUT2D eigenvalue weighted by Crippen LogP contribution is 2.43. The van der Waals surface area contributed by atoms with E-state index in [0.29, 0.717) is 86.9 Å². The fraction of sp³-hybridized carbons (Fsp3) is 0.355. The summed E-state index contributed by atoms with van der Waals surface area (Å²) >= 11 is 0. The summed E-state index contributed by atoms with van der Waals surface area (Å²) in [5, 5.41) is 17.5. The van der Waals surface area contributed by atoms with Gasteiger partial charge in [0.05, 0.1) is 120 Å². The number of terminal acetylenes is 1. The Hall–Kier alpha value is -8.74. The SMILES string of the molecule is C#Cc1ccc(-c2c3nc(cc4ccc([nH]4)c(-c4c(OCc5cn(CCOCCOCCC(=O)OC(C)(C)C)nn5)cccc4OCc4cn(CCOCCOCCC(=O)OC(C)(C)C)nn4)c4nc(cc5ccc2[nH]5)C=C4)C=C3)cc1. The van der Waals surface area contributed by atoms with Gasteiger partial charge in [-0.3, -0.25) is 9.59 Å². The second-order valence-corrected chi connectivity index (χ2v) is 21.2. The highest BCUT2D eigenvalue weighted by atomic mass is 16.6. The summed E-state index contributed by atoms with van der Waals surface area (Å²) in [4.78, 5) is 41.6. The number of aromatic nitrogens is 10. The third-order valence-electron chi connectivity index (χ3n) is 12.3. The van der Waals surface area contributed by atoms with Crippen LogP contribution in [0.4, 0.5) is 0 Å². The van der Waals surface area contributed by atoms with Gasteiger partial charge < -0.3 is 47.9 Å². The monoisotopic (exact) mass is 1110 g/mol. The number of esters is 2. The van der Waals surface area contributed by atoms with Crippen molar-refractivity contribution in [3.63, 3.8) is 0 Å². The van der Waals surface area contributed by atoms with Gasteiger partial charge in [-0.15, -0.1) is 16.6 Å². The molecule has 0 atom stereocenters. The minimum atomic E-state index is -0.536. The van der Waals surface area contributed by atoms with E-state index in [0.717, 1.165) is 61.4 Å². The molecule has 2 aromatic carbocycles. The molecule has 0 radical (unpaired) electrons. The van der Waals surface area contributed by atoms with Crippen LogP contribution in [0.1, 0.15) is 94.1 Å². The maximum atomic E-state index is 12.0. The Morgan fingerprint density at radius 3 is 1.49 bits per heavy atom. The number of nitrogens with zero attached hydrogens (tertiary/aromatic N) is 8. The van der Waals surface area contributed by atoms with Gasteiger partial charge in [0.1, 0.15) is 47.3 Å². The Balaban J connectivity index is 0.954. The first kappa shape index (κ1) is 57.9. The largest absolute Gasteiger partial charge is 0.486 e. The Bertz CT molecular complexity index is 3510. The van der Waals surface area contributed by atoms with Gasteiger partial charge in [0.25, 0.3) is 0 Å². The highest BCUT2D eigenvalue weighted by molar-refractivity contribution is 5.96. The molecule has 2 aliphatic heterocycles. The number of ether oxygens (including phenoxy) is 8. The molecule has 2 aliphatic rings. The van der Waals surface area contributed by atoms with E-state index >= 15 is 0 Å². The van der Waals surface area contributed by atoms with Crippen LogP contribution >= 0.6 is 0 Å². The van der Waals surface area contributed by atoms with Crippen molar-refractivity contribution < 1.29 is 47.5 Å². The van der Waals surface area contributed by atoms with Crippen LogP contribution in [0.3, 0.4) is 0 Å². The summed E-state index contributed by atoms with van der Waals surface area (Å²) in [6.45, 7) is 14.7. The van der Waals surface area contributed by atoms with Crippen LogP contribution in [0, 0.1) is 12.3 Å². The molecule has 20 heteroatoms. The zero-order chi connectivity index (χ0) is 57.5. The number of nitrogens with one attached hydrogen (secondary N) is 2. The summed E-state index contributed by atoms with van der Waals surface area (Å²) in [6.07, 6.45) is 17.7. The second kappa shape index (κ2) is 27.1. The second-order valence-electron chi connectivity index (χ2n) is 21.2. The van der Waals surface area contributed by atoms with Crippen LogP contribution in [0.25, 0.3) is 68.6 Å². The molecule has 7 heterocycles. The molecule has 0 fully saturated rings. The van der Waals surface area contributed by atoms with E-state index in [1.54, 1.807) is 9.36 Å². The van der Waals surface area contributed by atoms with Gasteiger partial charge in [0.2, 0.25) is 0 Å². The summed E-state index contributed by atoms with van der Waals surface area (Å²) in [6, 6.07) is 25.7. The number of rotatable bonds is 26. The van der Waals surface area contributed by atoms with Crippen LogP contribution in [0.5, 0.6) is 11.5 Å². The minimum Gasteiger partial charge on any atom is -0.486 e. The van der Waals surface area contributed by atoms with Gasteiger partial charge in [-0.25, -0.2) is 19.3 Å². The Morgan fingerprint density at radius 1 is 0.549 bits per heavy atom. The van der Waals surface area contributed by atoms with Gasteiger partial charge in [-0.2, -0.15) is 0 Å². The molecule has 0 amide bonds. The van der Waals surface area contributed by atoms with E-state index in [1.165, 1.54) is 0 Å². The lowest BCUT2D eigenvalue weighted by molar-refractivity contribution is -0.157. The summed E-state index contributed by atoms with van der Waals surface area (Å²) < 4.78 is 50.1. The Labute approximate surface area is 475 Å². The molecule has 20 nitrogen and oxygen atoms in total. The summed E-state index contributed by atoms with van der Waals surface area (Å²) in [7, 11) is 0. The van der Waals surface area contributed by atoms with Crippen molar-refractivity contribution in [3.8, 4) is 46.1 Å². The normalized spacial score (nSPS) is 12.2. The van der Waals surface area contributed by atoms with Gasteiger partial charge in [0.15, 0.2) is 0 Å². The molecule has 426 valence electrons. The van der Waals surface area contributed by atoms with Crippen molar-refractivity contribution in [3.05, 3.63) is 131 Å². The maximum absolute atomic E-state index is 12.0. The van der Waals surface area contributed by atoms with Crippen LogP contribution in [-0.4, -0.2) is 126 Å². The first-order valence-corrected chi connectivity index (χ1v) is 27.2.